The second-order valence-electron chi connectivity index (χ2n) is 2.92. The van der Waals surface area contributed by atoms with Gasteiger partial charge in [-0.3, -0.25) is 14.6 Å². The molecule has 0 fully saturated rings. The highest BCUT2D eigenvalue weighted by molar-refractivity contribution is 7.46. The molecule has 0 aliphatic heterocycles. The van der Waals surface area contributed by atoms with Gasteiger partial charge in [0.05, 0.1) is 10.7 Å². The van der Waals surface area contributed by atoms with Crippen molar-refractivity contribution in [3.05, 3.63) is 35.9 Å². The Kier molecular flexibility index (Phi) is 4.31. The monoisotopic (exact) mass is 277 g/mol. The molecule has 17 heavy (non-hydrogen) atoms. The molecule has 1 aromatic carbocycles. The molecule has 0 saturated heterocycles. The molecule has 6 nitrogen and oxygen atoms in total. The first-order chi connectivity index (χ1) is 7.81. The number of phosphoric acid groups is 1. The lowest BCUT2D eigenvalue weighted by atomic mass is 10.3. The molecule has 8 heteroatoms. The van der Waals surface area contributed by atoms with Crippen molar-refractivity contribution in [3.63, 3.8) is 0 Å². The predicted molar refractivity (Wildman–Crippen MR) is 63.0 cm³/mol. The molecule has 0 aliphatic carbocycles. The predicted octanol–water partition coefficient (Wildman–Crippen LogP) is 1.94. The first-order valence-corrected chi connectivity index (χ1v) is 6.21. The van der Waals surface area contributed by atoms with Gasteiger partial charge in [0.15, 0.2) is 0 Å². The van der Waals surface area contributed by atoms with Gasteiger partial charge < -0.3 is 9.84 Å². The number of nitrogens with one attached hydrogen (secondary N) is 1. The van der Waals surface area contributed by atoms with Crippen molar-refractivity contribution >= 4 is 31.0 Å². The SMILES string of the molecule is C=CC(=O)Nc1cc(OP(=O)(O)O)ccc1Cl. The lowest BCUT2D eigenvalue weighted by molar-refractivity contribution is -0.111. The number of carbonyl (C=O) groups is 1. The Morgan fingerprint density at radius 3 is 2.71 bits per heavy atom. The van der Waals surface area contributed by atoms with E-state index in [1.165, 1.54) is 18.2 Å². The zero-order valence-electron chi connectivity index (χ0n) is 8.46. The van der Waals surface area contributed by atoms with Gasteiger partial charge in [0.25, 0.3) is 0 Å². The molecule has 92 valence electrons. The highest BCUT2D eigenvalue weighted by Crippen LogP contribution is 2.39. The molecule has 0 unspecified atom stereocenters. The van der Waals surface area contributed by atoms with E-state index in [1.54, 1.807) is 0 Å². The van der Waals surface area contributed by atoms with Crippen molar-refractivity contribution in [2.45, 2.75) is 0 Å². The van der Waals surface area contributed by atoms with Crippen molar-refractivity contribution in [1.82, 2.24) is 0 Å². The highest BCUT2D eigenvalue weighted by Gasteiger charge is 2.16. The fraction of sp³-hybridized carbons (Fsp3) is 0. The molecule has 1 amide bonds. The summed E-state index contributed by atoms with van der Waals surface area (Å²) in [7, 11) is -4.64. The van der Waals surface area contributed by atoms with Gasteiger partial charge in [0.1, 0.15) is 5.75 Å². The maximum Gasteiger partial charge on any atom is 0.524 e. The first kappa shape index (κ1) is 13.7. The van der Waals surface area contributed by atoms with Crippen LogP contribution < -0.4 is 9.84 Å². The Morgan fingerprint density at radius 2 is 2.18 bits per heavy atom. The first-order valence-electron chi connectivity index (χ1n) is 4.30. The van der Waals surface area contributed by atoms with E-state index >= 15 is 0 Å². The molecule has 0 spiro atoms. The van der Waals surface area contributed by atoms with E-state index in [1.807, 2.05) is 0 Å². The van der Waals surface area contributed by atoms with Crippen LogP contribution in [-0.4, -0.2) is 15.7 Å². The van der Waals surface area contributed by atoms with Gasteiger partial charge in [-0.2, -0.15) is 0 Å². The topological polar surface area (TPSA) is 95.9 Å². The Bertz CT molecular complexity index is 498. The normalized spacial score (nSPS) is 10.8. The fourth-order valence-electron chi connectivity index (χ4n) is 0.978. The number of halogens is 1. The molecular weight excluding hydrogens is 269 g/mol. The summed E-state index contributed by atoms with van der Waals surface area (Å²) >= 11 is 5.77. The third kappa shape index (κ3) is 4.58. The molecule has 1 aromatic rings. The summed E-state index contributed by atoms with van der Waals surface area (Å²) in [5, 5.41) is 2.57. The van der Waals surface area contributed by atoms with Crippen LogP contribution in [0, 0.1) is 0 Å². The fourth-order valence-corrected chi connectivity index (χ4v) is 1.53. The minimum atomic E-state index is -4.64. The Hall–Kier alpha value is -1.33. The summed E-state index contributed by atoms with van der Waals surface area (Å²) in [6.45, 7) is 3.26. The molecular formula is C9H9ClNO5P. The van der Waals surface area contributed by atoms with Crippen LogP contribution in [0.15, 0.2) is 30.9 Å². The standard InChI is InChI=1S/C9H9ClNO5P/c1-2-9(12)11-8-5-6(3-4-7(8)10)16-17(13,14)15/h2-5H,1H2,(H,11,12)(H2,13,14,15). The molecule has 0 atom stereocenters. The number of anilines is 1. The van der Waals surface area contributed by atoms with Gasteiger partial charge in [-0.1, -0.05) is 18.2 Å². The van der Waals surface area contributed by atoms with Gasteiger partial charge in [0.2, 0.25) is 5.91 Å². The largest absolute Gasteiger partial charge is 0.524 e. The van der Waals surface area contributed by atoms with Crippen LogP contribution in [0.2, 0.25) is 5.02 Å². The Labute approximate surface area is 102 Å². The summed E-state index contributed by atoms with van der Waals surface area (Å²) in [5.74, 6) is -0.609. The number of amides is 1. The lowest BCUT2D eigenvalue weighted by Gasteiger charge is -2.10. The number of hydrogen-bond acceptors (Lipinski definition) is 3. The number of phosphoric ester groups is 1. The van der Waals surface area contributed by atoms with Crippen molar-refractivity contribution in [2.24, 2.45) is 0 Å². The average molecular weight is 278 g/mol. The molecule has 0 radical (unpaired) electrons. The minimum Gasteiger partial charge on any atom is -0.404 e. The molecule has 0 saturated carbocycles. The van der Waals surface area contributed by atoms with Crippen molar-refractivity contribution in [3.8, 4) is 5.75 Å². The van der Waals surface area contributed by atoms with E-state index in [2.05, 4.69) is 16.4 Å². The number of rotatable bonds is 4. The summed E-state index contributed by atoms with van der Waals surface area (Å²) in [6, 6.07) is 3.80. The Morgan fingerprint density at radius 1 is 1.53 bits per heavy atom. The molecule has 3 N–H and O–H groups in total. The molecule has 0 aromatic heterocycles. The van der Waals surface area contributed by atoms with Gasteiger partial charge in [-0.05, 0) is 18.2 Å². The summed E-state index contributed by atoms with van der Waals surface area (Å²) in [5.41, 5.74) is 0.169. The molecule has 0 bridgehead atoms. The van der Waals surface area contributed by atoms with E-state index in [0.717, 1.165) is 6.08 Å². The minimum absolute atomic E-state index is 0.109. The van der Waals surface area contributed by atoms with E-state index in [-0.39, 0.29) is 16.5 Å². The smallest absolute Gasteiger partial charge is 0.404 e. The molecule has 0 heterocycles. The van der Waals surface area contributed by atoms with Crippen LogP contribution in [0.3, 0.4) is 0 Å². The summed E-state index contributed by atoms with van der Waals surface area (Å²) < 4.78 is 15.0. The van der Waals surface area contributed by atoms with E-state index in [0.29, 0.717) is 0 Å². The second kappa shape index (κ2) is 5.33. The quantitative estimate of drug-likeness (QED) is 0.577. The van der Waals surface area contributed by atoms with Gasteiger partial charge in [-0.15, -0.1) is 0 Å². The maximum atomic E-state index is 11.0. The maximum absolute atomic E-state index is 11.0. The molecule has 0 aliphatic rings. The van der Waals surface area contributed by atoms with Gasteiger partial charge in [0, 0.05) is 6.07 Å². The lowest BCUT2D eigenvalue weighted by Crippen LogP contribution is -2.07. The van der Waals surface area contributed by atoms with Crippen molar-refractivity contribution in [2.75, 3.05) is 5.32 Å². The van der Waals surface area contributed by atoms with Gasteiger partial charge in [-0.25, -0.2) is 4.57 Å². The zero-order valence-corrected chi connectivity index (χ0v) is 10.1. The summed E-state index contributed by atoms with van der Waals surface area (Å²) in [6.07, 6.45) is 1.03. The van der Waals surface area contributed by atoms with Crippen LogP contribution >= 0.6 is 19.4 Å². The number of benzene rings is 1. The van der Waals surface area contributed by atoms with Crippen LogP contribution in [0.1, 0.15) is 0 Å². The van der Waals surface area contributed by atoms with Gasteiger partial charge >= 0.3 is 7.82 Å². The summed E-state index contributed by atoms with van der Waals surface area (Å²) in [4.78, 5) is 28.3. The average Bonchev–Trinajstić information content (AvgIpc) is 2.20. The van der Waals surface area contributed by atoms with Crippen molar-refractivity contribution in [1.29, 1.82) is 0 Å². The van der Waals surface area contributed by atoms with E-state index in [4.69, 9.17) is 21.4 Å². The third-order valence-corrected chi connectivity index (χ3v) is 2.38. The van der Waals surface area contributed by atoms with Crippen LogP contribution in [0.25, 0.3) is 0 Å². The van der Waals surface area contributed by atoms with Crippen LogP contribution in [-0.2, 0) is 9.36 Å². The molecule has 1 rings (SSSR count). The second-order valence-corrected chi connectivity index (χ2v) is 4.49. The van der Waals surface area contributed by atoms with Crippen molar-refractivity contribution < 1.29 is 23.7 Å². The number of carbonyl (C=O) groups excluding carboxylic acids is 1. The Balaban J connectivity index is 2.98. The number of hydrogen-bond donors (Lipinski definition) is 3. The zero-order chi connectivity index (χ0) is 13.1. The van der Waals surface area contributed by atoms with Crippen LogP contribution in [0.4, 0.5) is 5.69 Å². The third-order valence-electron chi connectivity index (χ3n) is 1.61. The highest BCUT2D eigenvalue weighted by atomic mass is 35.5. The van der Waals surface area contributed by atoms with E-state index in [9.17, 15) is 9.36 Å². The van der Waals surface area contributed by atoms with Crippen LogP contribution in [0.5, 0.6) is 5.75 Å². The van der Waals surface area contributed by atoms with E-state index < -0.39 is 13.7 Å².